The number of aliphatic hydroxyl groups is 1. The van der Waals surface area contributed by atoms with E-state index in [1.54, 1.807) is 0 Å². The zero-order valence-corrected chi connectivity index (χ0v) is 10.9. The molecule has 0 aliphatic rings. The Morgan fingerprint density at radius 3 is 2.47 bits per heavy atom. The van der Waals surface area contributed by atoms with Crippen LogP contribution in [0, 0.1) is 0 Å². The van der Waals surface area contributed by atoms with Gasteiger partial charge in [0.05, 0.1) is 5.78 Å². The molecule has 0 radical (unpaired) electrons. The molecule has 0 spiro atoms. The SMILES string of the molecule is CCCC(N)P(=O)(O)C(O)Cc1ccccc1. The van der Waals surface area contributed by atoms with Gasteiger partial charge in [-0.1, -0.05) is 43.7 Å². The maximum Gasteiger partial charge on any atom is 0.244 e. The first-order valence-corrected chi connectivity index (χ1v) is 7.58. The lowest BCUT2D eigenvalue weighted by molar-refractivity contribution is 0.226. The van der Waals surface area contributed by atoms with Crippen LogP contribution < -0.4 is 5.73 Å². The van der Waals surface area contributed by atoms with Crippen LogP contribution >= 0.6 is 7.37 Å². The maximum absolute atomic E-state index is 12.0. The molecule has 0 aromatic heterocycles. The third-order valence-corrected chi connectivity index (χ3v) is 4.99. The molecule has 0 amide bonds. The topological polar surface area (TPSA) is 83.6 Å². The van der Waals surface area contributed by atoms with Crippen LogP contribution in [0.25, 0.3) is 0 Å². The van der Waals surface area contributed by atoms with Crippen LogP contribution in [0.5, 0.6) is 0 Å². The molecule has 0 heterocycles. The van der Waals surface area contributed by atoms with Gasteiger partial charge in [0.15, 0.2) is 0 Å². The van der Waals surface area contributed by atoms with Crippen molar-refractivity contribution in [1.29, 1.82) is 0 Å². The molecule has 0 saturated heterocycles. The summed E-state index contributed by atoms with van der Waals surface area (Å²) in [6.45, 7) is 1.89. The first-order chi connectivity index (χ1) is 7.98. The van der Waals surface area contributed by atoms with Gasteiger partial charge in [-0.3, -0.25) is 4.57 Å². The van der Waals surface area contributed by atoms with Crippen molar-refractivity contribution in [2.24, 2.45) is 5.73 Å². The van der Waals surface area contributed by atoms with E-state index in [2.05, 4.69) is 0 Å². The van der Waals surface area contributed by atoms with Crippen molar-refractivity contribution in [3.63, 3.8) is 0 Å². The smallest absolute Gasteiger partial charge is 0.244 e. The second kappa shape index (κ2) is 6.31. The van der Waals surface area contributed by atoms with Gasteiger partial charge in [0.2, 0.25) is 7.37 Å². The van der Waals surface area contributed by atoms with Gasteiger partial charge in [0, 0.05) is 6.42 Å². The summed E-state index contributed by atoms with van der Waals surface area (Å²) < 4.78 is 12.0. The van der Waals surface area contributed by atoms with Gasteiger partial charge in [0.1, 0.15) is 5.85 Å². The molecule has 0 saturated carbocycles. The van der Waals surface area contributed by atoms with Gasteiger partial charge in [-0.2, -0.15) is 0 Å². The van der Waals surface area contributed by atoms with E-state index in [9.17, 15) is 14.6 Å². The second-order valence-corrected chi connectivity index (χ2v) is 6.80. The maximum atomic E-state index is 12.0. The molecule has 1 aromatic carbocycles. The van der Waals surface area contributed by atoms with E-state index < -0.39 is 19.0 Å². The Kier molecular flexibility index (Phi) is 5.34. The molecule has 96 valence electrons. The van der Waals surface area contributed by atoms with Crippen LogP contribution in [0.15, 0.2) is 30.3 Å². The molecule has 3 atom stereocenters. The van der Waals surface area contributed by atoms with Crippen molar-refractivity contribution in [3.05, 3.63) is 35.9 Å². The molecule has 17 heavy (non-hydrogen) atoms. The van der Waals surface area contributed by atoms with Crippen LogP contribution in [0.2, 0.25) is 0 Å². The zero-order chi connectivity index (χ0) is 12.9. The second-order valence-electron chi connectivity index (χ2n) is 4.20. The van der Waals surface area contributed by atoms with Gasteiger partial charge in [0.25, 0.3) is 0 Å². The highest BCUT2D eigenvalue weighted by Gasteiger charge is 2.35. The lowest BCUT2D eigenvalue weighted by Gasteiger charge is -2.23. The molecule has 0 aliphatic heterocycles. The fraction of sp³-hybridized carbons (Fsp3) is 0.500. The average molecular weight is 257 g/mol. The van der Waals surface area contributed by atoms with Crippen LogP contribution in [0.3, 0.4) is 0 Å². The molecular formula is C12H20NO3P. The van der Waals surface area contributed by atoms with Crippen molar-refractivity contribution in [2.45, 2.75) is 37.8 Å². The van der Waals surface area contributed by atoms with E-state index in [1.165, 1.54) is 0 Å². The minimum absolute atomic E-state index is 0.159. The summed E-state index contributed by atoms with van der Waals surface area (Å²) in [6, 6.07) is 9.15. The summed E-state index contributed by atoms with van der Waals surface area (Å²) in [4.78, 5) is 9.82. The van der Waals surface area contributed by atoms with Crippen molar-refractivity contribution in [1.82, 2.24) is 0 Å². The summed E-state index contributed by atoms with van der Waals surface area (Å²) >= 11 is 0. The Morgan fingerprint density at radius 2 is 1.94 bits per heavy atom. The number of aliphatic hydroxyl groups excluding tert-OH is 1. The van der Waals surface area contributed by atoms with Crippen molar-refractivity contribution < 1.29 is 14.6 Å². The highest BCUT2D eigenvalue weighted by Crippen LogP contribution is 2.50. The summed E-state index contributed by atoms with van der Waals surface area (Å²) in [7, 11) is -3.72. The van der Waals surface area contributed by atoms with Crippen LogP contribution in [0.4, 0.5) is 0 Å². The number of hydrogen-bond acceptors (Lipinski definition) is 3. The fourth-order valence-electron chi connectivity index (χ4n) is 1.66. The van der Waals surface area contributed by atoms with E-state index in [0.29, 0.717) is 6.42 Å². The van der Waals surface area contributed by atoms with Crippen LogP contribution in [-0.4, -0.2) is 21.6 Å². The number of benzene rings is 1. The third-order valence-electron chi connectivity index (χ3n) is 2.75. The highest BCUT2D eigenvalue weighted by atomic mass is 31.2. The monoisotopic (exact) mass is 257 g/mol. The molecule has 0 aliphatic carbocycles. The van der Waals surface area contributed by atoms with Crippen molar-refractivity contribution in [2.75, 3.05) is 0 Å². The summed E-state index contributed by atoms with van der Waals surface area (Å²) in [5.41, 5.74) is 6.47. The molecule has 4 N–H and O–H groups in total. The normalized spacial score (nSPS) is 18.4. The summed E-state index contributed by atoms with van der Waals surface area (Å²) in [5, 5.41) is 9.83. The number of rotatable bonds is 6. The number of hydrogen-bond donors (Lipinski definition) is 3. The van der Waals surface area contributed by atoms with Crippen LogP contribution in [-0.2, 0) is 11.0 Å². The molecular weight excluding hydrogens is 237 g/mol. The number of nitrogens with two attached hydrogens (primary N) is 1. The molecule has 1 rings (SSSR count). The van der Waals surface area contributed by atoms with E-state index in [4.69, 9.17) is 5.73 Å². The van der Waals surface area contributed by atoms with Gasteiger partial charge in [-0.05, 0) is 12.0 Å². The lowest BCUT2D eigenvalue weighted by atomic mass is 10.2. The Bertz CT molecular complexity index is 383. The van der Waals surface area contributed by atoms with E-state index in [1.807, 2.05) is 37.3 Å². The lowest BCUT2D eigenvalue weighted by Crippen LogP contribution is -2.27. The van der Waals surface area contributed by atoms with E-state index in [0.717, 1.165) is 12.0 Å². The molecule has 1 aromatic rings. The highest BCUT2D eigenvalue weighted by molar-refractivity contribution is 7.59. The molecule has 5 heteroatoms. The van der Waals surface area contributed by atoms with Crippen molar-refractivity contribution in [3.8, 4) is 0 Å². The van der Waals surface area contributed by atoms with Gasteiger partial charge < -0.3 is 15.7 Å². The minimum Gasteiger partial charge on any atom is -0.383 e. The third kappa shape index (κ3) is 3.93. The zero-order valence-electron chi connectivity index (χ0n) is 9.99. The van der Waals surface area contributed by atoms with Gasteiger partial charge >= 0.3 is 0 Å². The Labute approximate surface area is 102 Å². The Balaban J connectivity index is 2.69. The van der Waals surface area contributed by atoms with E-state index >= 15 is 0 Å². The predicted molar refractivity (Wildman–Crippen MR) is 68.9 cm³/mol. The van der Waals surface area contributed by atoms with E-state index in [-0.39, 0.29) is 6.42 Å². The fourth-order valence-corrected chi connectivity index (χ4v) is 3.20. The van der Waals surface area contributed by atoms with Gasteiger partial charge in [-0.25, -0.2) is 0 Å². The average Bonchev–Trinajstić information content (AvgIpc) is 2.30. The summed E-state index contributed by atoms with van der Waals surface area (Å²) in [6.07, 6.45) is 1.33. The Hall–Kier alpha value is -0.670. The molecule has 3 unspecified atom stereocenters. The quantitative estimate of drug-likeness (QED) is 0.680. The molecule has 0 fully saturated rings. The first kappa shape index (κ1) is 14.4. The van der Waals surface area contributed by atoms with Crippen molar-refractivity contribution >= 4 is 7.37 Å². The standard InChI is InChI=1S/C12H20NO3P/c1-2-6-11(13)17(15,16)12(14)9-10-7-4-3-5-8-10/h3-5,7-8,11-12,14H,2,6,9,13H2,1H3,(H,15,16). The predicted octanol–water partition coefficient (Wildman–Crippen LogP) is 1.90. The van der Waals surface area contributed by atoms with Gasteiger partial charge in [-0.15, -0.1) is 0 Å². The summed E-state index contributed by atoms with van der Waals surface area (Å²) in [5.74, 6) is -2.13. The first-order valence-electron chi connectivity index (χ1n) is 5.78. The minimum atomic E-state index is -3.72. The van der Waals surface area contributed by atoms with Crippen LogP contribution in [0.1, 0.15) is 25.3 Å². The molecule has 0 bridgehead atoms. The molecule has 4 nitrogen and oxygen atoms in total. The largest absolute Gasteiger partial charge is 0.383 e. The Morgan fingerprint density at radius 1 is 1.35 bits per heavy atom.